The van der Waals surface area contributed by atoms with Crippen LogP contribution in [0.3, 0.4) is 0 Å². The van der Waals surface area contributed by atoms with Gasteiger partial charge < -0.3 is 19.1 Å². The Kier molecular flexibility index (Phi) is 9.10. The van der Waals surface area contributed by atoms with Crippen molar-refractivity contribution in [2.45, 2.75) is 67.6 Å². The number of halogens is 3. The summed E-state index contributed by atoms with van der Waals surface area (Å²) in [5.41, 5.74) is 0.838. The third-order valence-corrected chi connectivity index (χ3v) is 9.00. The SMILES string of the molecule is COc1ccc(S(=O)(=O)NC2CCC(N3CCC(c4ccccc4OCC(F)(F)F)CC3)CC2)cc1OC. The van der Waals surface area contributed by atoms with Gasteiger partial charge in [-0.05, 0) is 81.3 Å². The topological polar surface area (TPSA) is 77.1 Å². The number of hydrogen-bond donors (Lipinski definition) is 1. The lowest BCUT2D eigenvalue weighted by Crippen LogP contribution is -2.46. The van der Waals surface area contributed by atoms with Crippen LogP contribution in [0.15, 0.2) is 47.4 Å². The molecule has 2 fully saturated rings. The van der Waals surface area contributed by atoms with Crippen molar-refractivity contribution in [2.75, 3.05) is 33.9 Å². The Morgan fingerprint density at radius 2 is 1.55 bits per heavy atom. The summed E-state index contributed by atoms with van der Waals surface area (Å²) < 4.78 is 82.3. The number of likely N-dealkylation sites (tertiary alicyclic amines) is 1. The Balaban J connectivity index is 1.28. The Labute approximate surface area is 222 Å². The van der Waals surface area contributed by atoms with Crippen molar-refractivity contribution in [1.29, 1.82) is 0 Å². The minimum absolute atomic E-state index is 0.138. The molecule has 1 saturated heterocycles. The second kappa shape index (κ2) is 12.1. The summed E-state index contributed by atoms with van der Waals surface area (Å²) in [4.78, 5) is 2.58. The Morgan fingerprint density at radius 1 is 0.895 bits per heavy atom. The van der Waals surface area contributed by atoms with Crippen LogP contribution in [0, 0.1) is 0 Å². The van der Waals surface area contributed by atoms with E-state index in [2.05, 4.69) is 9.62 Å². The van der Waals surface area contributed by atoms with Crippen LogP contribution < -0.4 is 18.9 Å². The molecule has 1 heterocycles. The standard InChI is InChI=1S/C27H35F3N2O5S/c1-35-25-12-11-22(17-26(25)36-2)38(33,34)31-20-7-9-21(10-8-20)32-15-13-19(14-16-32)23-5-3-4-6-24(23)37-18-27(28,29)30/h3-6,11-12,17,19-21,31H,7-10,13-16,18H2,1-2H3. The van der Waals surface area contributed by atoms with E-state index in [1.165, 1.54) is 26.4 Å². The molecule has 0 spiro atoms. The number of ether oxygens (including phenoxy) is 3. The minimum atomic E-state index is -4.37. The van der Waals surface area contributed by atoms with Crippen LogP contribution in [-0.4, -0.2) is 65.5 Å². The summed E-state index contributed by atoms with van der Waals surface area (Å²) in [6, 6.07) is 11.8. The first kappa shape index (κ1) is 28.5. The molecule has 11 heteroatoms. The van der Waals surface area contributed by atoms with Crippen molar-refractivity contribution < 1.29 is 35.8 Å². The Bertz CT molecular complexity index is 1180. The van der Waals surface area contributed by atoms with Crippen LogP contribution in [0.4, 0.5) is 13.2 Å². The highest BCUT2D eigenvalue weighted by Gasteiger charge is 2.33. The van der Waals surface area contributed by atoms with Crippen LogP contribution in [-0.2, 0) is 10.0 Å². The van der Waals surface area contributed by atoms with Crippen LogP contribution >= 0.6 is 0 Å². The summed E-state index contributed by atoms with van der Waals surface area (Å²) >= 11 is 0. The predicted molar refractivity (Wildman–Crippen MR) is 137 cm³/mol. The lowest BCUT2D eigenvalue weighted by atomic mass is 9.85. The van der Waals surface area contributed by atoms with E-state index >= 15 is 0 Å². The van der Waals surface area contributed by atoms with E-state index in [0.29, 0.717) is 23.3 Å². The van der Waals surface area contributed by atoms with E-state index in [0.717, 1.165) is 57.2 Å². The minimum Gasteiger partial charge on any atom is -0.493 e. The number of rotatable bonds is 9. The van der Waals surface area contributed by atoms with Gasteiger partial charge >= 0.3 is 6.18 Å². The average Bonchev–Trinajstić information content (AvgIpc) is 2.91. The molecule has 1 aliphatic carbocycles. The molecule has 7 nitrogen and oxygen atoms in total. The van der Waals surface area contributed by atoms with Crippen molar-refractivity contribution in [1.82, 2.24) is 9.62 Å². The van der Waals surface area contributed by atoms with Crippen LogP contribution in [0.5, 0.6) is 17.2 Å². The zero-order valence-corrected chi connectivity index (χ0v) is 22.5. The van der Waals surface area contributed by atoms with Gasteiger partial charge in [-0.25, -0.2) is 13.1 Å². The van der Waals surface area contributed by atoms with Gasteiger partial charge in [-0.1, -0.05) is 18.2 Å². The van der Waals surface area contributed by atoms with E-state index in [-0.39, 0.29) is 16.9 Å². The number of hydrogen-bond acceptors (Lipinski definition) is 6. The first-order valence-electron chi connectivity index (χ1n) is 12.9. The molecular weight excluding hydrogens is 521 g/mol. The number of para-hydroxylation sites is 1. The van der Waals surface area contributed by atoms with Crippen LogP contribution in [0.1, 0.15) is 50.0 Å². The van der Waals surface area contributed by atoms with Crippen molar-refractivity contribution in [2.24, 2.45) is 0 Å². The Morgan fingerprint density at radius 3 is 2.18 bits per heavy atom. The van der Waals surface area contributed by atoms with Crippen molar-refractivity contribution in [3.8, 4) is 17.2 Å². The van der Waals surface area contributed by atoms with Gasteiger partial charge in [0.15, 0.2) is 18.1 Å². The molecule has 2 aliphatic rings. The highest BCUT2D eigenvalue weighted by molar-refractivity contribution is 7.89. The number of sulfonamides is 1. The lowest BCUT2D eigenvalue weighted by Gasteiger charge is -2.41. The quantitative estimate of drug-likeness (QED) is 0.463. The van der Waals surface area contributed by atoms with E-state index in [4.69, 9.17) is 14.2 Å². The van der Waals surface area contributed by atoms with E-state index in [1.807, 2.05) is 12.1 Å². The number of benzene rings is 2. The molecule has 2 aromatic carbocycles. The fourth-order valence-electron chi connectivity index (χ4n) is 5.51. The molecule has 38 heavy (non-hydrogen) atoms. The second-order valence-electron chi connectivity index (χ2n) is 9.90. The lowest BCUT2D eigenvalue weighted by molar-refractivity contribution is -0.153. The van der Waals surface area contributed by atoms with E-state index in [9.17, 15) is 21.6 Å². The monoisotopic (exact) mass is 556 g/mol. The maximum Gasteiger partial charge on any atom is 0.422 e. The molecule has 4 rings (SSSR count). The molecular formula is C27H35F3N2O5S. The second-order valence-corrected chi connectivity index (χ2v) is 11.6. The molecule has 0 amide bonds. The number of piperidine rings is 1. The third-order valence-electron chi connectivity index (χ3n) is 7.48. The fourth-order valence-corrected chi connectivity index (χ4v) is 6.83. The Hall–Kier alpha value is -2.50. The first-order valence-corrected chi connectivity index (χ1v) is 14.3. The molecule has 1 saturated carbocycles. The molecule has 2 aromatic rings. The predicted octanol–water partition coefficient (Wildman–Crippen LogP) is 5.11. The van der Waals surface area contributed by atoms with Gasteiger partial charge in [-0.15, -0.1) is 0 Å². The van der Waals surface area contributed by atoms with Crippen LogP contribution in [0.2, 0.25) is 0 Å². The van der Waals surface area contributed by atoms with Gasteiger partial charge in [0.2, 0.25) is 10.0 Å². The number of nitrogens with zero attached hydrogens (tertiary/aromatic N) is 1. The molecule has 0 radical (unpaired) electrons. The molecule has 0 unspecified atom stereocenters. The zero-order chi connectivity index (χ0) is 27.3. The smallest absolute Gasteiger partial charge is 0.422 e. The normalized spacial score (nSPS) is 21.7. The molecule has 1 N–H and O–H groups in total. The molecule has 0 aromatic heterocycles. The summed E-state index contributed by atoms with van der Waals surface area (Å²) in [7, 11) is -0.736. The van der Waals surface area contributed by atoms with Crippen molar-refractivity contribution in [3.05, 3.63) is 48.0 Å². The average molecular weight is 557 g/mol. The van der Waals surface area contributed by atoms with Crippen LogP contribution in [0.25, 0.3) is 0 Å². The first-order chi connectivity index (χ1) is 18.1. The molecule has 0 bridgehead atoms. The van der Waals surface area contributed by atoms with E-state index in [1.54, 1.807) is 18.2 Å². The maximum absolute atomic E-state index is 13.0. The molecule has 0 atom stereocenters. The van der Waals surface area contributed by atoms with E-state index < -0.39 is 22.8 Å². The highest BCUT2D eigenvalue weighted by atomic mass is 32.2. The van der Waals surface area contributed by atoms with Gasteiger partial charge in [0.05, 0.1) is 19.1 Å². The number of nitrogens with one attached hydrogen (secondary N) is 1. The van der Waals surface area contributed by atoms with Gasteiger partial charge in [-0.2, -0.15) is 13.2 Å². The van der Waals surface area contributed by atoms with Crippen molar-refractivity contribution >= 4 is 10.0 Å². The molecule has 1 aliphatic heterocycles. The largest absolute Gasteiger partial charge is 0.493 e. The van der Waals surface area contributed by atoms with Gasteiger partial charge in [-0.3, -0.25) is 0 Å². The number of alkyl halides is 3. The fraction of sp³-hybridized carbons (Fsp3) is 0.556. The van der Waals surface area contributed by atoms with Crippen molar-refractivity contribution in [3.63, 3.8) is 0 Å². The molecule has 210 valence electrons. The summed E-state index contributed by atoms with van der Waals surface area (Å²) in [5, 5.41) is 0. The summed E-state index contributed by atoms with van der Waals surface area (Å²) in [6.45, 7) is 0.414. The van der Waals surface area contributed by atoms with Gasteiger partial charge in [0, 0.05) is 18.2 Å². The number of methoxy groups -OCH3 is 2. The summed E-state index contributed by atoms with van der Waals surface area (Å²) in [5.74, 6) is 1.29. The van der Waals surface area contributed by atoms with Gasteiger partial charge in [0.1, 0.15) is 5.75 Å². The highest BCUT2D eigenvalue weighted by Crippen LogP contribution is 2.37. The third kappa shape index (κ3) is 7.12. The summed E-state index contributed by atoms with van der Waals surface area (Å²) in [6.07, 6.45) is 0.572. The van der Waals surface area contributed by atoms with Gasteiger partial charge in [0.25, 0.3) is 0 Å². The zero-order valence-electron chi connectivity index (χ0n) is 21.7. The maximum atomic E-state index is 13.0.